The molecule has 1 aliphatic heterocycles. The van der Waals surface area contributed by atoms with Crippen LogP contribution in [0, 0.1) is 5.92 Å². The molecule has 1 N–H and O–H groups in total. The van der Waals surface area contributed by atoms with Crippen LogP contribution in [0.1, 0.15) is 18.4 Å². The van der Waals surface area contributed by atoms with Gasteiger partial charge in [0.05, 0.1) is 16.4 Å². The van der Waals surface area contributed by atoms with Crippen molar-refractivity contribution in [2.75, 3.05) is 25.0 Å². The summed E-state index contributed by atoms with van der Waals surface area (Å²) < 4.78 is 30.0. The number of nitrogens with one attached hydrogen (secondary N) is 1. The minimum absolute atomic E-state index is 0.157. The van der Waals surface area contributed by atoms with E-state index in [1.165, 1.54) is 5.41 Å². The molecule has 0 aliphatic carbocycles. The zero-order valence-electron chi connectivity index (χ0n) is 19.4. The lowest BCUT2D eigenvalue weighted by atomic mass is 10.00. The summed E-state index contributed by atoms with van der Waals surface area (Å²) in [6.45, 7) is 1.59. The van der Waals surface area contributed by atoms with Crippen LogP contribution in [0.2, 0.25) is 5.02 Å². The van der Waals surface area contributed by atoms with E-state index >= 15 is 0 Å². The van der Waals surface area contributed by atoms with Crippen LogP contribution in [0.25, 0.3) is 23.0 Å². The first-order chi connectivity index (χ1) is 17.4. The first-order valence-corrected chi connectivity index (χ1v) is 14.3. The molecule has 1 aliphatic rings. The Bertz CT molecular complexity index is 1510. The molecule has 36 heavy (non-hydrogen) atoms. The molecule has 0 amide bonds. The predicted molar refractivity (Wildman–Crippen MR) is 148 cm³/mol. The lowest BCUT2D eigenvalue weighted by Crippen LogP contribution is -2.41. The van der Waals surface area contributed by atoms with Crippen molar-refractivity contribution >= 4 is 55.1 Å². The molecule has 10 heteroatoms. The molecule has 0 spiro atoms. The lowest BCUT2D eigenvalue weighted by molar-refractivity contribution is 0.277. The first-order valence-electron chi connectivity index (χ1n) is 11.7. The quantitative estimate of drug-likeness (QED) is 0.290. The van der Waals surface area contributed by atoms with Gasteiger partial charge >= 0.3 is 0 Å². The highest BCUT2D eigenvalue weighted by molar-refractivity contribution is 9.10. The van der Waals surface area contributed by atoms with Gasteiger partial charge in [0.2, 0.25) is 10.0 Å². The fraction of sp³-hybridized carbons (Fsp3) is 0.231. The minimum Gasteiger partial charge on any atom is -0.370 e. The van der Waals surface area contributed by atoms with Crippen molar-refractivity contribution in [3.63, 3.8) is 0 Å². The van der Waals surface area contributed by atoms with Gasteiger partial charge in [-0.1, -0.05) is 60.1 Å². The molecule has 5 rings (SSSR count). The van der Waals surface area contributed by atoms with Gasteiger partial charge in [0.25, 0.3) is 0 Å². The summed E-state index contributed by atoms with van der Waals surface area (Å²) in [6, 6.07) is 19.0. The molecule has 0 bridgehead atoms. The molecule has 0 saturated carbocycles. The second kappa shape index (κ2) is 10.7. The van der Waals surface area contributed by atoms with E-state index in [0.29, 0.717) is 30.3 Å². The summed E-state index contributed by atoms with van der Waals surface area (Å²) >= 11 is 9.96. The lowest BCUT2D eigenvalue weighted by Gasteiger charge is -2.31. The third kappa shape index (κ3) is 5.49. The van der Waals surface area contributed by atoms with E-state index in [1.807, 2.05) is 60.7 Å². The Labute approximate surface area is 224 Å². The Morgan fingerprint density at radius 3 is 2.72 bits per heavy atom. The minimum atomic E-state index is -3.50. The number of hydrogen-bond acceptors (Lipinski definition) is 5. The maximum atomic E-state index is 13.0. The van der Waals surface area contributed by atoms with Crippen LogP contribution in [0.15, 0.2) is 76.7 Å². The highest BCUT2D eigenvalue weighted by atomic mass is 79.9. The van der Waals surface area contributed by atoms with E-state index in [4.69, 9.17) is 16.6 Å². The van der Waals surface area contributed by atoms with Crippen LogP contribution in [-0.2, 0) is 10.0 Å². The molecule has 1 fully saturated rings. The summed E-state index contributed by atoms with van der Waals surface area (Å²) in [7, 11) is -3.50. The standard InChI is InChI=1S/C26H25BrClN5O2S/c27-22-17-30-33-25(15-24(31-26(22)33)21-10-4-5-11-23(21)28)29-16-20-9-6-13-32(18-20)36(34,35)14-12-19-7-2-1-3-8-19/h1-5,7-8,10-12,14-15,17,20,29H,6,9,13,16,18H2/b14-12+. The number of hydrogen-bond donors (Lipinski definition) is 1. The van der Waals surface area contributed by atoms with Gasteiger partial charge in [-0.3, -0.25) is 0 Å². The fourth-order valence-corrected chi connectivity index (χ4v) is 6.24. The second-order valence-electron chi connectivity index (χ2n) is 8.74. The van der Waals surface area contributed by atoms with E-state index in [1.54, 1.807) is 21.1 Å². The molecular formula is C26H25BrClN5O2S. The molecule has 2 aromatic heterocycles. The molecule has 3 heterocycles. The third-order valence-corrected chi connectivity index (χ3v) is 8.64. The smallest absolute Gasteiger partial charge is 0.236 e. The number of nitrogens with zero attached hydrogens (tertiary/aromatic N) is 4. The van der Waals surface area contributed by atoms with Gasteiger partial charge in [-0.15, -0.1) is 0 Å². The average Bonchev–Trinajstić information content (AvgIpc) is 3.28. The summed E-state index contributed by atoms with van der Waals surface area (Å²) in [5, 5.41) is 9.86. The van der Waals surface area contributed by atoms with Gasteiger partial charge in [-0.05, 0) is 52.4 Å². The zero-order valence-corrected chi connectivity index (χ0v) is 22.5. The maximum absolute atomic E-state index is 13.0. The van der Waals surface area contributed by atoms with Crippen molar-refractivity contribution in [2.45, 2.75) is 12.8 Å². The van der Waals surface area contributed by atoms with E-state index in [2.05, 4.69) is 26.3 Å². The van der Waals surface area contributed by atoms with Crippen molar-refractivity contribution in [3.05, 3.63) is 87.3 Å². The number of piperidine rings is 1. The van der Waals surface area contributed by atoms with Gasteiger partial charge in [0, 0.05) is 41.7 Å². The topological polar surface area (TPSA) is 79.6 Å². The normalized spacial score (nSPS) is 17.1. The zero-order chi connectivity index (χ0) is 25.1. The Morgan fingerprint density at radius 1 is 1.14 bits per heavy atom. The van der Waals surface area contributed by atoms with Crippen LogP contribution in [0.5, 0.6) is 0 Å². The number of aromatic nitrogens is 3. The van der Waals surface area contributed by atoms with Crippen LogP contribution in [0.4, 0.5) is 5.82 Å². The van der Waals surface area contributed by atoms with E-state index in [-0.39, 0.29) is 5.92 Å². The van der Waals surface area contributed by atoms with Crippen LogP contribution < -0.4 is 5.32 Å². The second-order valence-corrected chi connectivity index (χ2v) is 11.8. The number of halogens is 2. The molecule has 7 nitrogen and oxygen atoms in total. The Morgan fingerprint density at radius 2 is 1.92 bits per heavy atom. The molecule has 4 aromatic rings. The summed E-state index contributed by atoms with van der Waals surface area (Å²) in [5.41, 5.74) is 3.10. The third-order valence-electron chi connectivity index (χ3n) is 6.22. The average molecular weight is 587 g/mol. The van der Waals surface area contributed by atoms with Crippen molar-refractivity contribution in [3.8, 4) is 11.3 Å². The molecule has 186 valence electrons. The Kier molecular flexibility index (Phi) is 7.43. The van der Waals surface area contributed by atoms with Crippen molar-refractivity contribution in [2.24, 2.45) is 5.92 Å². The van der Waals surface area contributed by atoms with Crippen LogP contribution >= 0.6 is 27.5 Å². The highest BCUT2D eigenvalue weighted by Crippen LogP contribution is 2.30. The monoisotopic (exact) mass is 585 g/mol. The molecule has 0 radical (unpaired) electrons. The number of rotatable bonds is 7. The maximum Gasteiger partial charge on any atom is 0.236 e. The Balaban J connectivity index is 1.33. The molecule has 1 saturated heterocycles. The molecule has 2 aromatic carbocycles. The van der Waals surface area contributed by atoms with E-state index < -0.39 is 10.0 Å². The first kappa shape index (κ1) is 25.0. The molecule has 1 atom stereocenters. The van der Waals surface area contributed by atoms with Gasteiger partial charge in [0.15, 0.2) is 5.65 Å². The van der Waals surface area contributed by atoms with E-state index in [0.717, 1.165) is 40.0 Å². The predicted octanol–water partition coefficient (Wildman–Crippen LogP) is 5.94. The number of sulfonamides is 1. The fourth-order valence-electron chi connectivity index (χ4n) is 4.36. The molecular weight excluding hydrogens is 562 g/mol. The number of anilines is 1. The van der Waals surface area contributed by atoms with Crippen LogP contribution in [0.3, 0.4) is 0 Å². The number of benzene rings is 2. The van der Waals surface area contributed by atoms with Crippen molar-refractivity contribution < 1.29 is 8.42 Å². The molecule has 1 unspecified atom stereocenters. The highest BCUT2D eigenvalue weighted by Gasteiger charge is 2.27. The van der Waals surface area contributed by atoms with Crippen molar-refractivity contribution in [1.82, 2.24) is 18.9 Å². The largest absolute Gasteiger partial charge is 0.370 e. The Hall–Kier alpha value is -2.72. The van der Waals surface area contributed by atoms with Crippen molar-refractivity contribution in [1.29, 1.82) is 0 Å². The van der Waals surface area contributed by atoms with Gasteiger partial charge in [-0.2, -0.15) is 13.9 Å². The summed E-state index contributed by atoms with van der Waals surface area (Å²) in [5.74, 6) is 0.925. The SMILES string of the molecule is O=S(=O)(/C=C/c1ccccc1)N1CCCC(CNc2cc(-c3ccccc3Cl)nc3c(Br)cnn23)C1. The van der Waals surface area contributed by atoms with E-state index in [9.17, 15) is 8.42 Å². The summed E-state index contributed by atoms with van der Waals surface area (Å²) in [4.78, 5) is 4.75. The van der Waals surface area contributed by atoms with Crippen LogP contribution in [-0.4, -0.2) is 47.0 Å². The summed E-state index contributed by atoms with van der Waals surface area (Å²) in [6.07, 6.45) is 5.11. The number of fused-ring (bicyclic) bond motifs is 1. The van der Waals surface area contributed by atoms with Gasteiger partial charge in [-0.25, -0.2) is 13.4 Å². The van der Waals surface area contributed by atoms with Gasteiger partial charge < -0.3 is 5.32 Å². The van der Waals surface area contributed by atoms with Gasteiger partial charge in [0.1, 0.15) is 5.82 Å².